The number of carbonyl (C=O) groups excluding carboxylic acids is 1. The lowest BCUT2D eigenvalue weighted by atomic mass is 10.3. The number of morpholine rings is 1. The molecule has 3 aromatic rings. The number of ether oxygens (including phenoxy) is 1. The maximum Gasteiger partial charge on any atom is 0.291 e. The van der Waals surface area contributed by atoms with E-state index in [9.17, 15) is 13.2 Å². The van der Waals surface area contributed by atoms with E-state index in [2.05, 4.69) is 10.3 Å². The van der Waals surface area contributed by atoms with E-state index < -0.39 is 15.9 Å². The van der Waals surface area contributed by atoms with E-state index in [0.29, 0.717) is 18.9 Å². The fourth-order valence-corrected chi connectivity index (χ4v) is 4.93. The Morgan fingerprint density at radius 2 is 2.00 bits per heavy atom. The number of thiazole rings is 1. The molecule has 1 fully saturated rings. The fraction of sp³-hybridized carbons (Fsp3) is 0.294. The van der Waals surface area contributed by atoms with Gasteiger partial charge < -0.3 is 14.5 Å². The maximum absolute atomic E-state index is 12.6. The van der Waals surface area contributed by atoms with Gasteiger partial charge in [-0.25, -0.2) is 13.4 Å². The van der Waals surface area contributed by atoms with Gasteiger partial charge in [-0.05, 0) is 37.3 Å². The summed E-state index contributed by atoms with van der Waals surface area (Å²) in [4.78, 5) is 16.8. The Balaban J connectivity index is 1.52. The molecule has 1 saturated heterocycles. The van der Waals surface area contributed by atoms with Crippen molar-refractivity contribution in [2.75, 3.05) is 31.6 Å². The highest BCUT2D eigenvalue weighted by Gasteiger charge is 2.30. The molecule has 142 valence electrons. The highest BCUT2D eigenvalue weighted by atomic mass is 32.2. The Kier molecular flexibility index (Phi) is 4.72. The summed E-state index contributed by atoms with van der Waals surface area (Å²) in [6.07, 6.45) is 0. The third-order valence-electron chi connectivity index (χ3n) is 4.12. The summed E-state index contributed by atoms with van der Waals surface area (Å²) >= 11 is 1.57. The predicted octanol–water partition coefficient (Wildman–Crippen LogP) is 2.47. The van der Waals surface area contributed by atoms with Crippen LogP contribution in [0.1, 0.15) is 15.6 Å². The van der Waals surface area contributed by atoms with Gasteiger partial charge in [-0.3, -0.25) is 4.79 Å². The van der Waals surface area contributed by atoms with Crippen molar-refractivity contribution in [3.63, 3.8) is 0 Å². The Morgan fingerprint density at radius 1 is 1.22 bits per heavy atom. The van der Waals surface area contributed by atoms with E-state index in [4.69, 9.17) is 9.15 Å². The number of hydrogen-bond donors (Lipinski definition) is 1. The Morgan fingerprint density at radius 3 is 2.78 bits per heavy atom. The zero-order chi connectivity index (χ0) is 19.0. The van der Waals surface area contributed by atoms with Gasteiger partial charge in [0.25, 0.3) is 15.9 Å². The van der Waals surface area contributed by atoms with E-state index in [0.717, 1.165) is 15.2 Å². The number of anilines is 1. The Labute approximate surface area is 159 Å². The number of rotatable bonds is 4. The molecule has 0 aliphatic carbocycles. The summed E-state index contributed by atoms with van der Waals surface area (Å²) in [6.45, 7) is 3.12. The van der Waals surface area contributed by atoms with Gasteiger partial charge in [0, 0.05) is 18.8 Å². The van der Waals surface area contributed by atoms with Crippen LogP contribution in [0.15, 0.2) is 39.8 Å². The van der Waals surface area contributed by atoms with Gasteiger partial charge in [0.15, 0.2) is 5.76 Å². The molecule has 0 radical (unpaired) electrons. The summed E-state index contributed by atoms with van der Waals surface area (Å²) in [7, 11) is -3.78. The molecular weight excluding hydrogens is 390 g/mol. The lowest BCUT2D eigenvalue weighted by Gasteiger charge is -2.24. The number of sulfonamides is 1. The molecule has 3 heterocycles. The number of benzene rings is 1. The van der Waals surface area contributed by atoms with Crippen LogP contribution in [0.25, 0.3) is 10.2 Å². The highest BCUT2D eigenvalue weighted by Crippen LogP contribution is 2.25. The molecular formula is C17H17N3O5S2. The molecule has 8 nitrogen and oxygen atoms in total. The molecule has 0 spiro atoms. The van der Waals surface area contributed by atoms with E-state index in [-0.39, 0.29) is 23.9 Å². The van der Waals surface area contributed by atoms with E-state index in [1.165, 1.54) is 16.4 Å². The van der Waals surface area contributed by atoms with Crippen LogP contribution in [0.5, 0.6) is 0 Å². The second-order valence-electron chi connectivity index (χ2n) is 6.00. The normalized spacial score (nSPS) is 15.9. The number of nitrogens with zero attached hydrogens (tertiary/aromatic N) is 2. The van der Waals surface area contributed by atoms with Crippen molar-refractivity contribution in [3.05, 3.63) is 41.1 Å². The molecule has 27 heavy (non-hydrogen) atoms. The standard InChI is InChI=1S/C17H17N3O5S2/c1-11-18-13-10-12(2-4-15(13)26-11)19-17(21)14-3-5-16(25-14)27(22,23)20-6-8-24-9-7-20/h2-5,10H,6-9H2,1H3,(H,19,21). The number of fused-ring (bicyclic) bond motifs is 1. The predicted molar refractivity (Wildman–Crippen MR) is 101 cm³/mol. The minimum atomic E-state index is -3.78. The van der Waals surface area contributed by atoms with Gasteiger partial charge in [0.05, 0.1) is 28.4 Å². The van der Waals surface area contributed by atoms with Crippen molar-refractivity contribution in [1.29, 1.82) is 0 Å². The quantitative estimate of drug-likeness (QED) is 0.713. The van der Waals surface area contributed by atoms with Crippen LogP contribution in [0.2, 0.25) is 0 Å². The van der Waals surface area contributed by atoms with Crippen LogP contribution in [0.4, 0.5) is 5.69 Å². The molecule has 4 rings (SSSR count). The third-order valence-corrected chi connectivity index (χ3v) is 6.85. The monoisotopic (exact) mass is 407 g/mol. The average Bonchev–Trinajstić information content (AvgIpc) is 3.28. The average molecular weight is 407 g/mol. The number of amides is 1. The highest BCUT2D eigenvalue weighted by molar-refractivity contribution is 7.89. The minimum absolute atomic E-state index is 0.0728. The molecule has 10 heteroatoms. The van der Waals surface area contributed by atoms with Crippen LogP contribution in [-0.4, -0.2) is 49.9 Å². The van der Waals surface area contributed by atoms with Crippen molar-refractivity contribution in [2.45, 2.75) is 12.0 Å². The minimum Gasteiger partial charge on any atom is -0.438 e. The number of aromatic nitrogens is 1. The molecule has 1 aliphatic rings. The topological polar surface area (TPSA) is 102 Å². The summed E-state index contributed by atoms with van der Waals surface area (Å²) in [5.74, 6) is -0.596. The van der Waals surface area contributed by atoms with Gasteiger partial charge in [-0.15, -0.1) is 11.3 Å². The summed E-state index contributed by atoms with van der Waals surface area (Å²) < 4.78 is 38.0. The SMILES string of the molecule is Cc1nc2cc(NC(=O)c3ccc(S(=O)(=O)N4CCOCC4)o3)ccc2s1. The van der Waals surface area contributed by atoms with E-state index in [1.54, 1.807) is 23.5 Å². The van der Waals surface area contributed by atoms with Crippen LogP contribution >= 0.6 is 11.3 Å². The van der Waals surface area contributed by atoms with E-state index >= 15 is 0 Å². The smallest absolute Gasteiger partial charge is 0.291 e. The number of aryl methyl sites for hydroxylation is 1. The van der Waals surface area contributed by atoms with Crippen molar-refractivity contribution in [1.82, 2.24) is 9.29 Å². The Bertz CT molecular complexity index is 1100. The fourth-order valence-electron chi connectivity index (χ4n) is 2.81. The van der Waals surface area contributed by atoms with Crippen LogP contribution in [-0.2, 0) is 14.8 Å². The molecule has 2 aromatic heterocycles. The number of furan rings is 1. The first-order valence-corrected chi connectivity index (χ1v) is 10.6. The second kappa shape index (κ2) is 7.04. The molecule has 1 aromatic carbocycles. The van der Waals surface area contributed by atoms with Crippen LogP contribution in [0, 0.1) is 6.92 Å². The first-order chi connectivity index (χ1) is 12.9. The van der Waals surface area contributed by atoms with Crippen molar-refractivity contribution in [2.24, 2.45) is 0 Å². The first-order valence-electron chi connectivity index (χ1n) is 8.30. The Hall–Kier alpha value is -2.27. The summed E-state index contributed by atoms with van der Waals surface area (Å²) in [6, 6.07) is 8.07. The molecule has 0 unspecified atom stereocenters. The number of hydrogen-bond acceptors (Lipinski definition) is 7. The van der Waals surface area contributed by atoms with Crippen LogP contribution in [0.3, 0.4) is 0 Å². The largest absolute Gasteiger partial charge is 0.438 e. The lowest BCUT2D eigenvalue weighted by molar-refractivity contribution is 0.0723. The number of nitrogens with one attached hydrogen (secondary N) is 1. The van der Waals surface area contributed by atoms with Gasteiger partial charge in [-0.1, -0.05) is 0 Å². The lowest BCUT2D eigenvalue weighted by Crippen LogP contribution is -2.40. The van der Waals surface area contributed by atoms with Crippen molar-refractivity contribution >= 4 is 43.2 Å². The maximum atomic E-state index is 12.6. The zero-order valence-electron chi connectivity index (χ0n) is 14.5. The first kappa shape index (κ1) is 18.1. The van der Waals surface area contributed by atoms with Gasteiger partial charge >= 0.3 is 0 Å². The molecule has 0 bridgehead atoms. The molecule has 0 saturated carbocycles. The zero-order valence-corrected chi connectivity index (χ0v) is 16.1. The van der Waals surface area contributed by atoms with Crippen molar-refractivity contribution in [3.8, 4) is 0 Å². The van der Waals surface area contributed by atoms with Gasteiger partial charge in [0.1, 0.15) is 0 Å². The summed E-state index contributed by atoms with van der Waals surface area (Å²) in [5.41, 5.74) is 1.36. The third kappa shape index (κ3) is 3.61. The van der Waals surface area contributed by atoms with E-state index in [1.807, 2.05) is 13.0 Å². The summed E-state index contributed by atoms with van der Waals surface area (Å²) in [5, 5.41) is 3.40. The van der Waals surface area contributed by atoms with Crippen molar-refractivity contribution < 1.29 is 22.4 Å². The second-order valence-corrected chi connectivity index (χ2v) is 9.11. The molecule has 1 N–H and O–H groups in total. The van der Waals surface area contributed by atoms with Gasteiger partial charge in [-0.2, -0.15) is 4.31 Å². The number of carbonyl (C=O) groups is 1. The van der Waals surface area contributed by atoms with Gasteiger partial charge in [0.2, 0.25) is 5.09 Å². The van der Waals surface area contributed by atoms with Crippen LogP contribution < -0.4 is 5.32 Å². The molecule has 1 aliphatic heterocycles. The molecule has 0 atom stereocenters. The molecule has 1 amide bonds.